The van der Waals surface area contributed by atoms with Crippen LogP contribution < -0.4 is 14.7 Å². The van der Waals surface area contributed by atoms with E-state index in [4.69, 9.17) is 9.97 Å². The van der Waals surface area contributed by atoms with Crippen molar-refractivity contribution in [1.82, 2.24) is 14.9 Å². The van der Waals surface area contributed by atoms with E-state index >= 15 is 0 Å². The molecule has 1 amide bonds. The van der Waals surface area contributed by atoms with Crippen LogP contribution in [-0.4, -0.2) is 67.6 Å². The first kappa shape index (κ1) is 23.0. The van der Waals surface area contributed by atoms with E-state index in [1.165, 1.54) is 11.8 Å². The van der Waals surface area contributed by atoms with E-state index in [0.717, 1.165) is 55.4 Å². The van der Waals surface area contributed by atoms with Gasteiger partial charge in [0.25, 0.3) is 5.91 Å². The van der Waals surface area contributed by atoms with Crippen LogP contribution in [0.25, 0.3) is 0 Å². The molecule has 5 rings (SSSR count). The summed E-state index contributed by atoms with van der Waals surface area (Å²) in [6, 6.07) is 13.4. The highest BCUT2D eigenvalue weighted by atomic mass is 19.1. The number of hydrogen-bond acceptors (Lipinski definition) is 6. The molecular weight excluding hydrogens is 450 g/mol. The third kappa shape index (κ3) is 4.62. The number of halogens is 2. The summed E-state index contributed by atoms with van der Waals surface area (Å²) < 4.78 is 27.5. The van der Waals surface area contributed by atoms with E-state index in [-0.39, 0.29) is 12.1 Å². The lowest BCUT2D eigenvalue weighted by molar-refractivity contribution is 0.0729. The fourth-order valence-corrected chi connectivity index (χ4v) is 4.71. The minimum Gasteiger partial charge on any atom is -0.368 e. The van der Waals surface area contributed by atoms with Crippen molar-refractivity contribution in [3.8, 4) is 0 Å². The quantitative estimate of drug-likeness (QED) is 0.574. The number of aromatic nitrogens is 2. The molecule has 1 saturated heterocycles. The standard InChI is InChI=1S/C26H28F2N6O/c1-31(2)24-21-17-34(25(35)20-9-8-18(27)16-22(20)28)11-10-23(21)29-26(30-24)33-14-12-32(13-15-33)19-6-4-3-5-7-19/h3-9,16H,10-15,17H2,1-2H3. The molecule has 7 nitrogen and oxygen atoms in total. The summed E-state index contributed by atoms with van der Waals surface area (Å²) in [5.41, 5.74) is 2.86. The number of piperazine rings is 1. The van der Waals surface area contributed by atoms with Gasteiger partial charge in [0.1, 0.15) is 17.5 Å². The molecule has 3 heterocycles. The molecular formula is C26H28F2N6O. The second-order valence-corrected chi connectivity index (χ2v) is 9.08. The minimum atomic E-state index is -0.852. The van der Waals surface area contributed by atoms with Crippen molar-refractivity contribution < 1.29 is 13.6 Å². The molecule has 0 radical (unpaired) electrons. The molecule has 3 aromatic rings. The Balaban J connectivity index is 1.35. The normalized spacial score (nSPS) is 15.7. The SMILES string of the molecule is CN(C)c1nc(N2CCN(c3ccccc3)CC2)nc2c1CN(C(=O)c1ccc(F)cc1F)CC2. The van der Waals surface area contributed by atoms with E-state index in [1.807, 2.05) is 25.1 Å². The molecule has 0 bridgehead atoms. The van der Waals surface area contributed by atoms with Gasteiger partial charge in [0.15, 0.2) is 0 Å². The monoisotopic (exact) mass is 478 g/mol. The van der Waals surface area contributed by atoms with E-state index in [0.29, 0.717) is 18.9 Å². The first-order valence-corrected chi connectivity index (χ1v) is 11.8. The number of para-hydroxylation sites is 1. The predicted molar refractivity (Wildman–Crippen MR) is 132 cm³/mol. The van der Waals surface area contributed by atoms with Gasteiger partial charge in [-0.05, 0) is 24.3 Å². The molecule has 1 aromatic heterocycles. The molecule has 0 aliphatic carbocycles. The van der Waals surface area contributed by atoms with Crippen LogP contribution in [0.5, 0.6) is 0 Å². The molecule has 0 N–H and O–H groups in total. The molecule has 35 heavy (non-hydrogen) atoms. The average molecular weight is 479 g/mol. The Morgan fingerprint density at radius 1 is 0.914 bits per heavy atom. The van der Waals surface area contributed by atoms with E-state index in [9.17, 15) is 13.6 Å². The van der Waals surface area contributed by atoms with Gasteiger partial charge < -0.3 is 19.6 Å². The second-order valence-electron chi connectivity index (χ2n) is 9.08. The molecule has 0 atom stereocenters. The topological polar surface area (TPSA) is 55.8 Å². The van der Waals surface area contributed by atoms with Crippen LogP contribution >= 0.6 is 0 Å². The molecule has 0 saturated carbocycles. The Bertz CT molecular complexity index is 1230. The summed E-state index contributed by atoms with van der Waals surface area (Å²) >= 11 is 0. The number of carbonyl (C=O) groups is 1. The number of amides is 1. The Kier molecular flexibility index (Phi) is 6.23. The van der Waals surface area contributed by atoms with Crippen molar-refractivity contribution in [2.45, 2.75) is 13.0 Å². The van der Waals surface area contributed by atoms with Crippen LogP contribution in [0.15, 0.2) is 48.5 Å². The lowest BCUT2D eigenvalue weighted by Gasteiger charge is -2.37. The highest BCUT2D eigenvalue weighted by Crippen LogP contribution is 2.30. The largest absolute Gasteiger partial charge is 0.368 e. The molecule has 182 valence electrons. The van der Waals surface area contributed by atoms with Gasteiger partial charge in [-0.15, -0.1) is 0 Å². The van der Waals surface area contributed by atoms with E-state index in [1.54, 1.807) is 4.90 Å². The molecule has 2 aliphatic heterocycles. The maximum atomic E-state index is 14.2. The lowest BCUT2D eigenvalue weighted by atomic mass is 10.0. The van der Waals surface area contributed by atoms with Crippen LogP contribution in [-0.2, 0) is 13.0 Å². The van der Waals surface area contributed by atoms with Crippen molar-refractivity contribution >= 4 is 23.4 Å². The van der Waals surface area contributed by atoms with Gasteiger partial charge in [-0.3, -0.25) is 4.79 Å². The fraction of sp³-hybridized carbons (Fsp3) is 0.346. The number of fused-ring (bicyclic) bond motifs is 1. The Morgan fingerprint density at radius 2 is 1.63 bits per heavy atom. The van der Waals surface area contributed by atoms with E-state index in [2.05, 4.69) is 34.1 Å². The fourth-order valence-electron chi connectivity index (χ4n) is 4.71. The van der Waals surface area contributed by atoms with Crippen LogP contribution in [0.3, 0.4) is 0 Å². The third-order valence-corrected chi connectivity index (χ3v) is 6.58. The van der Waals surface area contributed by atoms with Crippen molar-refractivity contribution in [3.63, 3.8) is 0 Å². The van der Waals surface area contributed by atoms with Gasteiger partial charge in [-0.1, -0.05) is 18.2 Å². The van der Waals surface area contributed by atoms with Crippen LogP contribution in [0.4, 0.5) is 26.2 Å². The summed E-state index contributed by atoms with van der Waals surface area (Å²) in [5, 5.41) is 0. The Hall–Kier alpha value is -3.75. The smallest absolute Gasteiger partial charge is 0.257 e. The third-order valence-electron chi connectivity index (χ3n) is 6.58. The van der Waals surface area contributed by atoms with Crippen molar-refractivity contribution in [1.29, 1.82) is 0 Å². The molecule has 0 spiro atoms. The summed E-state index contributed by atoms with van der Waals surface area (Å²) in [5.74, 6) is -0.561. The van der Waals surface area contributed by atoms with Crippen LogP contribution in [0.1, 0.15) is 21.6 Å². The number of anilines is 3. The van der Waals surface area contributed by atoms with E-state index < -0.39 is 17.5 Å². The van der Waals surface area contributed by atoms with Gasteiger partial charge in [0.2, 0.25) is 5.95 Å². The number of rotatable bonds is 4. The highest BCUT2D eigenvalue weighted by molar-refractivity contribution is 5.94. The van der Waals surface area contributed by atoms with Gasteiger partial charge in [0, 0.05) is 70.6 Å². The van der Waals surface area contributed by atoms with Crippen molar-refractivity contribution in [2.24, 2.45) is 0 Å². The van der Waals surface area contributed by atoms with Crippen LogP contribution in [0, 0.1) is 11.6 Å². The maximum Gasteiger partial charge on any atom is 0.257 e. The maximum absolute atomic E-state index is 14.2. The zero-order valence-corrected chi connectivity index (χ0v) is 19.9. The zero-order valence-electron chi connectivity index (χ0n) is 19.9. The van der Waals surface area contributed by atoms with Crippen LogP contribution in [0.2, 0.25) is 0 Å². The Labute approximate surface area is 203 Å². The minimum absolute atomic E-state index is 0.130. The zero-order chi connectivity index (χ0) is 24.5. The number of nitrogens with zero attached hydrogens (tertiary/aromatic N) is 6. The first-order chi connectivity index (χ1) is 16.9. The molecule has 0 unspecified atom stereocenters. The molecule has 2 aliphatic rings. The number of carbonyl (C=O) groups excluding carboxylic acids is 1. The Morgan fingerprint density at radius 3 is 2.31 bits per heavy atom. The van der Waals surface area contributed by atoms with Gasteiger partial charge in [-0.2, -0.15) is 4.98 Å². The van der Waals surface area contributed by atoms with Gasteiger partial charge >= 0.3 is 0 Å². The molecule has 9 heteroatoms. The van der Waals surface area contributed by atoms with Gasteiger partial charge in [0.05, 0.1) is 17.8 Å². The van der Waals surface area contributed by atoms with Crippen molar-refractivity contribution in [2.75, 3.05) is 61.5 Å². The number of benzene rings is 2. The number of hydrogen-bond donors (Lipinski definition) is 0. The summed E-state index contributed by atoms with van der Waals surface area (Å²) in [7, 11) is 3.83. The van der Waals surface area contributed by atoms with Gasteiger partial charge in [-0.25, -0.2) is 13.8 Å². The molecule has 2 aromatic carbocycles. The second kappa shape index (κ2) is 9.48. The first-order valence-electron chi connectivity index (χ1n) is 11.8. The molecule has 1 fully saturated rings. The average Bonchev–Trinajstić information content (AvgIpc) is 2.88. The summed E-state index contributed by atoms with van der Waals surface area (Å²) in [6.07, 6.45) is 0.546. The highest BCUT2D eigenvalue weighted by Gasteiger charge is 2.29. The summed E-state index contributed by atoms with van der Waals surface area (Å²) in [4.78, 5) is 30.8. The summed E-state index contributed by atoms with van der Waals surface area (Å²) in [6.45, 7) is 4.08. The lowest BCUT2D eigenvalue weighted by Crippen LogP contribution is -2.47. The predicted octanol–water partition coefficient (Wildman–Crippen LogP) is 3.35. The van der Waals surface area contributed by atoms with Crippen molar-refractivity contribution in [3.05, 3.63) is 77.0 Å².